The molecule has 2 aromatic carbocycles. The van der Waals surface area contributed by atoms with E-state index < -0.39 is 12.1 Å². The number of benzene rings is 2. The second-order valence-corrected chi connectivity index (χ2v) is 17.3. The Morgan fingerprint density at radius 2 is 1.60 bits per heavy atom. The fourth-order valence-electron chi connectivity index (χ4n) is 8.57. The topological polar surface area (TPSA) is 136 Å². The molecule has 8 rings (SSSR count). The molecule has 0 bridgehead atoms. The first kappa shape index (κ1) is 36.8. The lowest BCUT2D eigenvalue weighted by Gasteiger charge is -2.30. The smallest absolute Gasteiger partial charge is 0.407 e. The summed E-state index contributed by atoms with van der Waals surface area (Å²) in [6, 6.07) is 13.3. The van der Waals surface area contributed by atoms with Crippen LogP contribution in [0.25, 0.3) is 22.3 Å². The van der Waals surface area contributed by atoms with Crippen molar-refractivity contribution in [2.45, 2.75) is 91.3 Å². The van der Waals surface area contributed by atoms with E-state index in [2.05, 4.69) is 52.8 Å². The number of carbonyl (C=O) groups excluding carboxylic acids is 3. The highest BCUT2D eigenvalue weighted by Crippen LogP contribution is 2.58. The number of hydrogen-bond acceptors (Lipinski definition) is 6. The van der Waals surface area contributed by atoms with Crippen LogP contribution in [0.4, 0.5) is 4.79 Å². The number of H-pyrrole nitrogens is 2. The zero-order chi connectivity index (χ0) is 38.6. The standard InChI is InChI=1S/C44H53N7O4/c1-25(2)27(5)41(52)50-23-32(30-14-15-30)20-36(50)40-46-33-16-11-29(19-34(33)47-40)8-7-28-9-12-31(13-10-28)35-22-45-39(48-35)37-21-44(17-18-44)24-51(37)42(53)38(26(3)4)49-43(54)55-6/h9-13,16,19,22,25-27,30,32,36-38H,14-15,17-18,20-21,23-24H2,1-6H3,(H,45,48)(H,46,47)(H,49,54)/t27-,32+,36-,37-,38-/m0/s1. The van der Waals surface area contributed by atoms with E-state index in [1.165, 1.54) is 20.0 Å². The fourth-order valence-corrected chi connectivity index (χ4v) is 8.57. The molecule has 1 spiro atoms. The number of hydrogen-bond donors (Lipinski definition) is 3. The van der Waals surface area contributed by atoms with Gasteiger partial charge in [-0.2, -0.15) is 0 Å². The van der Waals surface area contributed by atoms with Crippen molar-refractivity contribution < 1.29 is 19.1 Å². The normalized spacial score (nSPS) is 22.6. The van der Waals surface area contributed by atoms with Crippen molar-refractivity contribution >= 4 is 28.9 Å². The van der Waals surface area contributed by atoms with Crippen LogP contribution in [0, 0.1) is 46.8 Å². The maximum atomic E-state index is 13.8. The zero-order valence-corrected chi connectivity index (χ0v) is 32.8. The van der Waals surface area contributed by atoms with E-state index in [9.17, 15) is 14.4 Å². The second-order valence-electron chi connectivity index (χ2n) is 17.3. The Morgan fingerprint density at radius 1 is 0.873 bits per heavy atom. The summed E-state index contributed by atoms with van der Waals surface area (Å²) < 4.78 is 4.81. The third-order valence-corrected chi connectivity index (χ3v) is 12.7. The van der Waals surface area contributed by atoms with Crippen molar-refractivity contribution in [2.24, 2.45) is 35.0 Å². The SMILES string of the molecule is COC(=O)N[C@H](C(=O)N1CC2(CC2)C[C@H]1c1ncc(-c2ccc(C#Cc3ccc4nc([C@@H]5C[C@@H](C6CC6)CN5C(=O)[C@@H](C)C(C)C)[nH]c4c3)cc2)[nH]1)C(C)C. The maximum Gasteiger partial charge on any atom is 0.407 e. The molecule has 2 aliphatic carbocycles. The Balaban J connectivity index is 0.958. The van der Waals surface area contributed by atoms with E-state index in [0.717, 1.165) is 83.2 Å². The molecule has 0 unspecified atom stereocenters. The molecule has 0 radical (unpaired) electrons. The van der Waals surface area contributed by atoms with Crippen molar-refractivity contribution in [2.75, 3.05) is 20.2 Å². The summed E-state index contributed by atoms with van der Waals surface area (Å²) in [4.78, 5) is 60.3. The maximum absolute atomic E-state index is 13.8. The number of imidazole rings is 2. The van der Waals surface area contributed by atoms with Gasteiger partial charge in [-0.3, -0.25) is 9.59 Å². The van der Waals surface area contributed by atoms with Crippen molar-refractivity contribution in [1.82, 2.24) is 35.1 Å². The number of amides is 3. The molecule has 4 heterocycles. The summed E-state index contributed by atoms with van der Waals surface area (Å²) >= 11 is 0. The van der Waals surface area contributed by atoms with Crippen LogP contribution >= 0.6 is 0 Å². The molecule has 2 saturated heterocycles. The van der Waals surface area contributed by atoms with Crippen LogP contribution < -0.4 is 5.32 Å². The molecular weight excluding hydrogens is 691 g/mol. The van der Waals surface area contributed by atoms with Gasteiger partial charge in [0.25, 0.3) is 0 Å². The second kappa shape index (κ2) is 14.5. The Labute approximate surface area is 323 Å². The van der Waals surface area contributed by atoms with Crippen molar-refractivity contribution in [3.05, 3.63) is 71.4 Å². The fraction of sp³-hybridized carbons (Fsp3) is 0.523. The molecule has 288 valence electrons. The Bertz CT molecular complexity index is 2150. The van der Waals surface area contributed by atoms with Crippen LogP contribution in [-0.4, -0.2) is 73.9 Å². The molecule has 4 aromatic rings. The molecule has 11 heteroatoms. The zero-order valence-electron chi connectivity index (χ0n) is 32.8. The largest absolute Gasteiger partial charge is 0.453 e. The first-order chi connectivity index (χ1) is 26.4. The van der Waals surface area contributed by atoms with Gasteiger partial charge in [-0.1, -0.05) is 58.6 Å². The quantitative estimate of drug-likeness (QED) is 0.153. The van der Waals surface area contributed by atoms with Crippen LogP contribution in [-0.2, 0) is 14.3 Å². The molecule has 2 saturated carbocycles. The van der Waals surface area contributed by atoms with E-state index >= 15 is 0 Å². The van der Waals surface area contributed by atoms with Gasteiger partial charge in [0.05, 0.1) is 42.1 Å². The molecule has 4 fully saturated rings. The van der Waals surface area contributed by atoms with E-state index in [0.29, 0.717) is 18.4 Å². The molecule has 11 nitrogen and oxygen atoms in total. The van der Waals surface area contributed by atoms with Gasteiger partial charge in [0, 0.05) is 30.1 Å². The average Bonchev–Trinajstić information content (AvgIpc) is 3.90. The lowest BCUT2D eigenvalue weighted by molar-refractivity contribution is -0.137. The van der Waals surface area contributed by atoms with Crippen molar-refractivity contribution in [3.63, 3.8) is 0 Å². The third-order valence-electron chi connectivity index (χ3n) is 12.7. The van der Waals surface area contributed by atoms with Gasteiger partial charge in [-0.25, -0.2) is 14.8 Å². The van der Waals surface area contributed by atoms with E-state index in [1.54, 1.807) is 0 Å². The van der Waals surface area contributed by atoms with E-state index in [-0.39, 0.29) is 41.1 Å². The van der Waals surface area contributed by atoms with Gasteiger partial charge < -0.3 is 29.8 Å². The minimum atomic E-state index is -0.677. The third kappa shape index (κ3) is 7.48. The molecular formula is C44H53N7O4. The number of nitrogens with one attached hydrogen (secondary N) is 3. The number of aromatic nitrogens is 4. The number of nitrogens with zero attached hydrogens (tertiary/aromatic N) is 4. The summed E-state index contributed by atoms with van der Waals surface area (Å²) in [6.07, 6.45) is 7.78. The molecule has 5 atom stereocenters. The van der Waals surface area contributed by atoms with E-state index in [4.69, 9.17) is 14.7 Å². The molecule has 2 aliphatic heterocycles. The Hall–Kier alpha value is -5.11. The number of likely N-dealkylation sites (tertiary alicyclic amines) is 2. The highest BCUT2D eigenvalue weighted by atomic mass is 16.5. The molecule has 3 amide bonds. The van der Waals surface area contributed by atoms with Crippen LogP contribution in [0.1, 0.15) is 108 Å². The minimum absolute atomic E-state index is 0.0189. The Morgan fingerprint density at radius 3 is 2.27 bits per heavy atom. The van der Waals surface area contributed by atoms with Gasteiger partial charge in [0.15, 0.2) is 0 Å². The lowest BCUT2D eigenvalue weighted by atomic mass is 9.96. The highest BCUT2D eigenvalue weighted by Gasteiger charge is 2.55. The first-order valence-electron chi connectivity index (χ1n) is 20.0. The summed E-state index contributed by atoms with van der Waals surface area (Å²) in [5.41, 5.74) is 5.58. The molecule has 3 N–H and O–H groups in total. The van der Waals surface area contributed by atoms with Gasteiger partial charge >= 0.3 is 6.09 Å². The monoisotopic (exact) mass is 743 g/mol. The lowest BCUT2D eigenvalue weighted by Crippen LogP contribution is -2.51. The van der Waals surface area contributed by atoms with Crippen LogP contribution in [0.5, 0.6) is 0 Å². The van der Waals surface area contributed by atoms with Gasteiger partial charge in [0.2, 0.25) is 11.8 Å². The predicted octanol–water partition coefficient (Wildman–Crippen LogP) is 7.38. The number of alkyl carbamates (subject to hydrolysis) is 1. The first-order valence-corrected chi connectivity index (χ1v) is 20.0. The summed E-state index contributed by atoms with van der Waals surface area (Å²) in [6.45, 7) is 11.6. The average molecular weight is 744 g/mol. The van der Waals surface area contributed by atoms with Crippen molar-refractivity contribution in [1.29, 1.82) is 0 Å². The van der Waals surface area contributed by atoms with Crippen LogP contribution in [0.2, 0.25) is 0 Å². The summed E-state index contributed by atoms with van der Waals surface area (Å²) in [5, 5.41) is 2.75. The number of carbonyl (C=O) groups is 3. The predicted molar refractivity (Wildman–Crippen MR) is 210 cm³/mol. The number of fused-ring (bicyclic) bond motifs is 1. The molecule has 4 aliphatic rings. The highest BCUT2D eigenvalue weighted by molar-refractivity contribution is 5.86. The summed E-state index contributed by atoms with van der Waals surface area (Å²) in [5.74, 6) is 9.87. The Kier molecular flexibility index (Phi) is 9.72. The minimum Gasteiger partial charge on any atom is -0.453 e. The van der Waals surface area contributed by atoms with E-state index in [1.807, 2.05) is 67.4 Å². The number of ether oxygens (including phenoxy) is 1. The van der Waals surface area contributed by atoms with Gasteiger partial charge in [0.1, 0.15) is 17.7 Å². The summed E-state index contributed by atoms with van der Waals surface area (Å²) in [7, 11) is 1.31. The number of rotatable bonds is 9. The van der Waals surface area contributed by atoms with Gasteiger partial charge in [-0.05, 0) is 104 Å². The van der Waals surface area contributed by atoms with Crippen molar-refractivity contribution in [3.8, 4) is 23.1 Å². The number of methoxy groups -OCH3 is 1. The van der Waals surface area contributed by atoms with Gasteiger partial charge in [-0.15, -0.1) is 0 Å². The van der Waals surface area contributed by atoms with Crippen LogP contribution in [0.3, 0.4) is 0 Å². The van der Waals surface area contributed by atoms with Crippen LogP contribution in [0.15, 0.2) is 48.7 Å². The molecule has 55 heavy (non-hydrogen) atoms. The molecule has 2 aromatic heterocycles. The number of aromatic amines is 2.